The summed E-state index contributed by atoms with van der Waals surface area (Å²) < 4.78 is 66.2. The zero-order valence-electron chi connectivity index (χ0n) is 19.9. The molecule has 0 unspecified atom stereocenters. The maximum absolute atomic E-state index is 14.2. The van der Waals surface area contributed by atoms with E-state index >= 15 is 0 Å². The number of ether oxygens (including phenoxy) is 2. The predicted molar refractivity (Wildman–Crippen MR) is 127 cm³/mol. The van der Waals surface area contributed by atoms with Gasteiger partial charge in [0.2, 0.25) is 10.0 Å². The Bertz CT molecular complexity index is 1460. The highest BCUT2D eigenvalue weighted by Crippen LogP contribution is 2.28. The lowest BCUT2D eigenvalue weighted by Crippen LogP contribution is -2.24. The summed E-state index contributed by atoms with van der Waals surface area (Å²) in [5.41, 5.74) is 0.538. The number of aromatic nitrogens is 3. The Morgan fingerprint density at radius 1 is 1.17 bits per heavy atom. The monoisotopic (exact) mass is 522 g/mol. The van der Waals surface area contributed by atoms with E-state index in [0.29, 0.717) is 17.2 Å². The summed E-state index contributed by atoms with van der Waals surface area (Å²) >= 11 is 0. The Kier molecular flexibility index (Phi) is 8.03. The number of anilines is 1. The van der Waals surface area contributed by atoms with Gasteiger partial charge in [-0.1, -0.05) is 0 Å². The van der Waals surface area contributed by atoms with E-state index in [4.69, 9.17) is 9.47 Å². The minimum atomic E-state index is -3.82. The molecule has 1 aromatic carbocycles. The van der Waals surface area contributed by atoms with Crippen molar-refractivity contribution >= 4 is 21.8 Å². The number of hydrogen-bond acceptors (Lipinski definition) is 8. The SMILES string of the molecule is CC(=O)OCCn1cc(-c2cc(NS(=O)(=O)C(C)C)nc(Oc3ccc(F)cc3F)n2)cc(C)c1=O. The number of sulfonamides is 1. The summed E-state index contributed by atoms with van der Waals surface area (Å²) in [6.45, 7) is 5.78. The molecule has 0 bridgehead atoms. The van der Waals surface area contributed by atoms with E-state index in [1.165, 1.54) is 43.7 Å². The smallest absolute Gasteiger partial charge is 0.324 e. The van der Waals surface area contributed by atoms with E-state index < -0.39 is 38.9 Å². The Balaban J connectivity index is 2.09. The number of nitrogens with zero attached hydrogens (tertiary/aromatic N) is 3. The van der Waals surface area contributed by atoms with Crippen molar-refractivity contribution in [2.45, 2.75) is 39.5 Å². The second-order valence-corrected chi connectivity index (χ2v) is 10.3. The average Bonchev–Trinajstić information content (AvgIpc) is 2.77. The van der Waals surface area contributed by atoms with Crippen molar-refractivity contribution < 1.29 is 31.5 Å². The molecule has 3 rings (SSSR count). The van der Waals surface area contributed by atoms with Gasteiger partial charge in [-0.15, -0.1) is 0 Å². The fraction of sp³-hybridized carbons (Fsp3) is 0.304. The maximum Gasteiger partial charge on any atom is 0.324 e. The first-order valence-electron chi connectivity index (χ1n) is 10.7. The van der Waals surface area contributed by atoms with E-state index in [-0.39, 0.29) is 36.0 Å². The number of esters is 1. The van der Waals surface area contributed by atoms with E-state index in [2.05, 4.69) is 14.7 Å². The zero-order valence-corrected chi connectivity index (χ0v) is 20.7. The Morgan fingerprint density at radius 2 is 1.89 bits per heavy atom. The van der Waals surface area contributed by atoms with Crippen molar-refractivity contribution in [2.24, 2.45) is 0 Å². The van der Waals surface area contributed by atoms with Crippen LogP contribution in [0.4, 0.5) is 14.6 Å². The number of rotatable bonds is 9. The zero-order chi connectivity index (χ0) is 26.6. The van der Waals surface area contributed by atoms with Gasteiger partial charge in [0, 0.05) is 36.4 Å². The second kappa shape index (κ2) is 10.8. The third-order valence-electron chi connectivity index (χ3n) is 4.87. The van der Waals surface area contributed by atoms with Crippen LogP contribution in [-0.4, -0.2) is 40.8 Å². The molecule has 10 nitrogen and oxygen atoms in total. The summed E-state index contributed by atoms with van der Waals surface area (Å²) in [5.74, 6) is -2.87. The lowest BCUT2D eigenvalue weighted by molar-refractivity contribution is -0.141. The fourth-order valence-electron chi connectivity index (χ4n) is 2.97. The highest BCUT2D eigenvalue weighted by molar-refractivity contribution is 7.93. The molecule has 13 heteroatoms. The predicted octanol–water partition coefficient (Wildman–Crippen LogP) is 3.40. The molecule has 1 N–H and O–H groups in total. The molecular formula is C23H24F2N4O6S. The van der Waals surface area contributed by atoms with Gasteiger partial charge in [-0.05, 0) is 39.0 Å². The molecule has 192 valence electrons. The third kappa shape index (κ3) is 6.62. The summed E-state index contributed by atoms with van der Waals surface area (Å²) in [5, 5.41) is -0.791. The van der Waals surface area contributed by atoms with Gasteiger partial charge in [-0.2, -0.15) is 9.97 Å². The maximum atomic E-state index is 14.2. The van der Waals surface area contributed by atoms with Gasteiger partial charge in [0.15, 0.2) is 11.6 Å². The molecule has 0 radical (unpaired) electrons. The Hall–Kier alpha value is -3.87. The van der Waals surface area contributed by atoms with Crippen LogP contribution in [0, 0.1) is 18.6 Å². The lowest BCUT2D eigenvalue weighted by Gasteiger charge is -2.14. The number of carbonyl (C=O) groups excluding carboxylic acids is 1. The van der Waals surface area contributed by atoms with Crippen molar-refractivity contribution in [1.82, 2.24) is 14.5 Å². The molecule has 0 spiro atoms. The molecule has 0 aliphatic rings. The molecular weight excluding hydrogens is 498 g/mol. The molecule has 2 heterocycles. The van der Waals surface area contributed by atoms with Crippen molar-refractivity contribution in [2.75, 3.05) is 11.3 Å². The van der Waals surface area contributed by atoms with Crippen LogP contribution in [0.2, 0.25) is 0 Å². The van der Waals surface area contributed by atoms with Crippen molar-refractivity contribution in [3.8, 4) is 23.0 Å². The first kappa shape index (κ1) is 26.7. The van der Waals surface area contributed by atoms with Gasteiger partial charge in [-0.3, -0.25) is 14.3 Å². The molecule has 0 saturated heterocycles. The van der Waals surface area contributed by atoms with Crippen LogP contribution in [0.25, 0.3) is 11.3 Å². The molecule has 0 saturated carbocycles. The molecule has 3 aromatic rings. The topological polar surface area (TPSA) is 129 Å². The largest absolute Gasteiger partial charge is 0.464 e. The van der Waals surface area contributed by atoms with Gasteiger partial charge >= 0.3 is 12.0 Å². The van der Waals surface area contributed by atoms with Crippen molar-refractivity contribution in [1.29, 1.82) is 0 Å². The lowest BCUT2D eigenvalue weighted by atomic mass is 10.1. The number of pyridine rings is 1. The van der Waals surface area contributed by atoms with E-state index in [9.17, 15) is 26.8 Å². The first-order valence-corrected chi connectivity index (χ1v) is 12.3. The summed E-state index contributed by atoms with van der Waals surface area (Å²) in [6, 6.07) is 5.06. The van der Waals surface area contributed by atoms with E-state index in [1.807, 2.05) is 0 Å². The quantitative estimate of drug-likeness (QED) is 0.424. The van der Waals surface area contributed by atoms with Crippen molar-refractivity contribution in [3.63, 3.8) is 0 Å². The Labute approximate surface area is 206 Å². The van der Waals surface area contributed by atoms with Gasteiger partial charge in [0.1, 0.15) is 18.2 Å². The molecule has 0 atom stereocenters. The number of aryl methyl sites for hydroxylation is 1. The second-order valence-electron chi connectivity index (χ2n) is 8.04. The van der Waals surface area contributed by atoms with Crippen LogP contribution in [-0.2, 0) is 26.1 Å². The van der Waals surface area contributed by atoms with Gasteiger partial charge in [0.05, 0.1) is 17.5 Å². The molecule has 0 aliphatic heterocycles. The van der Waals surface area contributed by atoms with Crippen LogP contribution >= 0.6 is 0 Å². The number of hydrogen-bond donors (Lipinski definition) is 1. The van der Waals surface area contributed by atoms with Crippen LogP contribution in [0.5, 0.6) is 11.8 Å². The summed E-state index contributed by atoms with van der Waals surface area (Å²) in [7, 11) is -3.82. The standard InChI is InChI=1S/C23H24F2N4O6S/c1-13(2)36(32,33)28-21-11-19(26-23(27-21)35-20-6-5-17(24)10-18(20)25)16-9-14(3)22(31)29(12-16)7-8-34-15(4)30/h5-6,9-13H,7-8H2,1-4H3,(H,26,27,28). The number of nitrogens with one attached hydrogen (secondary N) is 1. The van der Waals surface area contributed by atoms with Crippen LogP contribution in [0.1, 0.15) is 26.3 Å². The fourth-order valence-corrected chi connectivity index (χ4v) is 3.60. The van der Waals surface area contributed by atoms with Gasteiger partial charge < -0.3 is 14.0 Å². The first-order chi connectivity index (χ1) is 16.9. The van der Waals surface area contributed by atoms with Gasteiger partial charge in [-0.25, -0.2) is 17.2 Å². The molecule has 36 heavy (non-hydrogen) atoms. The van der Waals surface area contributed by atoms with Crippen molar-refractivity contribution in [3.05, 3.63) is 64.1 Å². The summed E-state index contributed by atoms with van der Waals surface area (Å²) in [4.78, 5) is 31.8. The molecule has 2 aromatic heterocycles. The molecule has 0 amide bonds. The average molecular weight is 523 g/mol. The van der Waals surface area contributed by atoms with E-state index in [1.54, 1.807) is 6.92 Å². The number of halogens is 2. The minimum absolute atomic E-state index is 0.0421. The highest BCUT2D eigenvalue weighted by atomic mass is 32.2. The highest BCUT2D eigenvalue weighted by Gasteiger charge is 2.19. The number of benzene rings is 1. The Morgan fingerprint density at radius 3 is 2.53 bits per heavy atom. The van der Waals surface area contributed by atoms with Crippen LogP contribution in [0.3, 0.4) is 0 Å². The molecule has 0 aliphatic carbocycles. The number of carbonyl (C=O) groups is 1. The van der Waals surface area contributed by atoms with Crippen LogP contribution in [0.15, 0.2) is 41.3 Å². The van der Waals surface area contributed by atoms with Gasteiger partial charge in [0.25, 0.3) is 5.56 Å². The third-order valence-corrected chi connectivity index (χ3v) is 6.60. The molecule has 0 fully saturated rings. The summed E-state index contributed by atoms with van der Waals surface area (Å²) in [6.07, 6.45) is 1.45. The minimum Gasteiger partial charge on any atom is -0.464 e. The normalized spacial score (nSPS) is 11.4. The van der Waals surface area contributed by atoms with Crippen LogP contribution < -0.4 is 15.0 Å². The van der Waals surface area contributed by atoms with E-state index in [0.717, 1.165) is 12.1 Å².